The van der Waals surface area contributed by atoms with Crippen LogP contribution in [0.1, 0.15) is 40.7 Å². The second-order valence-corrected chi connectivity index (χ2v) is 8.46. The first-order valence-electron chi connectivity index (χ1n) is 6.63. The van der Waals surface area contributed by atoms with Crippen molar-refractivity contribution in [2.24, 2.45) is 11.8 Å². The van der Waals surface area contributed by atoms with E-state index in [0.29, 0.717) is 23.3 Å². The first kappa shape index (κ1) is 15.5. The summed E-state index contributed by atoms with van der Waals surface area (Å²) in [5.74, 6) is -0.0483. The molecule has 0 aliphatic heterocycles. The van der Waals surface area contributed by atoms with Crippen LogP contribution in [-0.2, 0) is 10.0 Å². The van der Waals surface area contributed by atoms with Crippen molar-refractivity contribution in [2.75, 3.05) is 6.54 Å². The second kappa shape index (κ2) is 5.83. The Morgan fingerprint density at radius 1 is 1.50 bits per heavy atom. The Kier molecular flexibility index (Phi) is 4.51. The number of hydrogen-bond donors (Lipinski definition) is 2. The normalized spacial score (nSPS) is 23.1. The molecule has 2 atom stereocenters. The first-order chi connectivity index (χ1) is 9.29. The van der Waals surface area contributed by atoms with E-state index in [1.54, 1.807) is 6.92 Å². The molecule has 0 aromatic carbocycles. The van der Waals surface area contributed by atoms with E-state index in [2.05, 4.69) is 11.6 Å². The molecule has 0 spiro atoms. The van der Waals surface area contributed by atoms with Gasteiger partial charge in [0.25, 0.3) is 0 Å². The van der Waals surface area contributed by atoms with E-state index < -0.39 is 16.0 Å². The van der Waals surface area contributed by atoms with E-state index in [1.807, 2.05) is 0 Å². The first-order valence-corrected chi connectivity index (χ1v) is 8.93. The molecule has 112 valence electrons. The van der Waals surface area contributed by atoms with E-state index >= 15 is 0 Å². The maximum Gasteiger partial charge on any atom is 0.345 e. The summed E-state index contributed by atoms with van der Waals surface area (Å²) in [5.41, 5.74) is 0. The number of thiophene rings is 1. The molecule has 7 heteroatoms. The molecule has 1 heterocycles. The summed E-state index contributed by atoms with van der Waals surface area (Å²) < 4.78 is 27.1. The monoisotopic (exact) mass is 317 g/mol. The lowest BCUT2D eigenvalue weighted by Gasteiger charge is -2.11. The van der Waals surface area contributed by atoms with Gasteiger partial charge in [0, 0.05) is 11.4 Å². The van der Waals surface area contributed by atoms with Gasteiger partial charge in [0.15, 0.2) is 0 Å². The van der Waals surface area contributed by atoms with Crippen molar-refractivity contribution in [3.63, 3.8) is 0 Å². The fourth-order valence-corrected chi connectivity index (χ4v) is 5.20. The van der Waals surface area contributed by atoms with Crippen LogP contribution in [0.15, 0.2) is 11.0 Å². The quantitative estimate of drug-likeness (QED) is 0.874. The predicted molar refractivity (Wildman–Crippen MR) is 77.7 cm³/mol. The molecule has 1 aromatic heterocycles. The van der Waals surface area contributed by atoms with Crippen LogP contribution in [0.5, 0.6) is 0 Å². The van der Waals surface area contributed by atoms with Crippen molar-refractivity contribution in [3.05, 3.63) is 15.8 Å². The molecule has 2 unspecified atom stereocenters. The summed E-state index contributed by atoms with van der Waals surface area (Å²) in [6.45, 7) is 4.24. The largest absolute Gasteiger partial charge is 0.477 e. The minimum Gasteiger partial charge on any atom is -0.477 e. The number of rotatable bonds is 5. The number of nitrogens with one attached hydrogen (secondary N) is 1. The highest BCUT2D eigenvalue weighted by molar-refractivity contribution is 7.89. The number of aromatic carboxylic acids is 1. The molecule has 1 aliphatic carbocycles. The topological polar surface area (TPSA) is 83.5 Å². The summed E-state index contributed by atoms with van der Waals surface area (Å²) in [4.78, 5) is 11.5. The lowest BCUT2D eigenvalue weighted by atomic mass is 10.1. The highest BCUT2D eigenvalue weighted by atomic mass is 32.2. The van der Waals surface area contributed by atoms with E-state index in [4.69, 9.17) is 5.11 Å². The molecule has 0 saturated heterocycles. The minimum atomic E-state index is -3.61. The van der Waals surface area contributed by atoms with Crippen molar-refractivity contribution >= 4 is 27.3 Å². The molecular formula is C13H19NO4S2. The van der Waals surface area contributed by atoms with Crippen LogP contribution < -0.4 is 4.72 Å². The minimum absolute atomic E-state index is 0.0531. The maximum atomic E-state index is 12.2. The molecule has 5 nitrogen and oxygen atoms in total. The van der Waals surface area contributed by atoms with Gasteiger partial charge in [-0.25, -0.2) is 17.9 Å². The highest BCUT2D eigenvalue weighted by Crippen LogP contribution is 2.30. The van der Waals surface area contributed by atoms with E-state index in [-0.39, 0.29) is 9.77 Å². The number of sulfonamides is 1. The molecular weight excluding hydrogens is 298 g/mol. The van der Waals surface area contributed by atoms with Gasteiger partial charge >= 0.3 is 5.97 Å². The fourth-order valence-electron chi connectivity index (χ4n) is 2.65. The third-order valence-electron chi connectivity index (χ3n) is 3.74. The second-order valence-electron chi connectivity index (χ2n) is 5.47. The van der Waals surface area contributed by atoms with Crippen molar-refractivity contribution in [1.82, 2.24) is 4.72 Å². The Balaban J connectivity index is 2.08. The summed E-state index contributed by atoms with van der Waals surface area (Å²) in [7, 11) is -3.61. The van der Waals surface area contributed by atoms with Crippen LogP contribution in [0.3, 0.4) is 0 Å². The number of carbonyl (C=O) groups is 1. The summed E-state index contributed by atoms with van der Waals surface area (Å²) in [6.07, 6.45) is 3.24. The lowest BCUT2D eigenvalue weighted by molar-refractivity contribution is 0.0702. The van der Waals surface area contributed by atoms with Gasteiger partial charge in [0.2, 0.25) is 10.0 Å². The summed E-state index contributed by atoms with van der Waals surface area (Å²) >= 11 is 0.989. The predicted octanol–water partition coefficient (Wildman–Crippen LogP) is 2.47. The van der Waals surface area contributed by atoms with Crippen molar-refractivity contribution < 1.29 is 18.3 Å². The third-order valence-corrected chi connectivity index (χ3v) is 6.46. The number of aryl methyl sites for hydroxylation is 1. The van der Waals surface area contributed by atoms with Crippen molar-refractivity contribution in [2.45, 2.75) is 38.0 Å². The van der Waals surface area contributed by atoms with Crippen LogP contribution in [-0.4, -0.2) is 26.0 Å². The van der Waals surface area contributed by atoms with Crippen LogP contribution >= 0.6 is 11.3 Å². The summed E-state index contributed by atoms with van der Waals surface area (Å²) in [5, 5.41) is 8.92. The van der Waals surface area contributed by atoms with Gasteiger partial charge in [0.05, 0.1) is 4.90 Å². The van der Waals surface area contributed by atoms with E-state index in [1.165, 1.54) is 6.07 Å². The number of hydrogen-bond acceptors (Lipinski definition) is 4. The highest BCUT2D eigenvalue weighted by Gasteiger charge is 2.26. The van der Waals surface area contributed by atoms with Gasteiger partial charge in [-0.2, -0.15) is 0 Å². The van der Waals surface area contributed by atoms with Gasteiger partial charge in [-0.3, -0.25) is 0 Å². The molecule has 2 rings (SSSR count). The molecule has 2 N–H and O–H groups in total. The zero-order chi connectivity index (χ0) is 14.9. The Morgan fingerprint density at radius 2 is 2.20 bits per heavy atom. The molecule has 0 amide bonds. The fraction of sp³-hybridized carbons (Fsp3) is 0.615. The average Bonchev–Trinajstić information content (AvgIpc) is 2.93. The molecule has 20 heavy (non-hydrogen) atoms. The standard InChI is InChI=1S/C13H19NO4S2/c1-8-3-4-10(5-8)7-14-20(17,18)12-6-11(13(15)16)19-9(12)2/h6,8,10,14H,3-5,7H2,1-2H3,(H,15,16). The van der Waals surface area contributed by atoms with Crippen LogP contribution in [0.4, 0.5) is 0 Å². The smallest absolute Gasteiger partial charge is 0.345 e. The Morgan fingerprint density at radius 3 is 2.70 bits per heavy atom. The van der Waals surface area contributed by atoms with Crippen molar-refractivity contribution in [3.8, 4) is 0 Å². The van der Waals surface area contributed by atoms with Gasteiger partial charge in [-0.1, -0.05) is 13.3 Å². The Bertz CT molecular complexity index is 606. The van der Waals surface area contributed by atoms with Crippen LogP contribution in [0, 0.1) is 18.8 Å². The average molecular weight is 317 g/mol. The zero-order valence-electron chi connectivity index (χ0n) is 11.5. The van der Waals surface area contributed by atoms with Gasteiger partial charge in [-0.05, 0) is 37.7 Å². The molecule has 0 radical (unpaired) electrons. The van der Waals surface area contributed by atoms with Gasteiger partial charge < -0.3 is 5.11 Å². The number of carboxylic acid groups (broad SMARTS) is 1. The molecule has 1 aromatic rings. The van der Waals surface area contributed by atoms with E-state index in [9.17, 15) is 13.2 Å². The molecule has 1 saturated carbocycles. The Hall–Kier alpha value is -0.920. The lowest BCUT2D eigenvalue weighted by Crippen LogP contribution is -2.28. The van der Waals surface area contributed by atoms with E-state index in [0.717, 1.165) is 30.6 Å². The Labute approximate surface area is 123 Å². The van der Waals surface area contributed by atoms with Crippen molar-refractivity contribution in [1.29, 1.82) is 0 Å². The van der Waals surface area contributed by atoms with Gasteiger partial charge in [0.1, 0.15) is 4.88 Å². The maximum absolute atomic E-state index is 12.2. The number of carboxylic acids is 1. The van der Waals surface area contributed by atoms with Gasteiger partial charge in [-0.15, -0.1) is 11.3 Å². The van der Waals surface area contributed by atoms with Crippen LogP contribution in [0.2, 0.25) is 0 Å². The molecule has 1 aliphatic rings. The SMILES string of the molecule is Cc1sc(C(=O)O)cc1S(=O)(=O)NCC1CCC(C)C1. The third kappa shape index (κ3) is 3.39. The summed E-state index contributed by atoms with van der Waals surface area (Å²) in [6, 6.07) is 1.24. The molecule has 1 fully saturated rings. The zero-order valence-corrected chi connectivity index (χ0v) is 13.2. The van der Waals surface area contributed by atoms with Crippen LogP contribution in [0.25, 0.3) is 0 Å². The molecule has 0 bridgehead atoms.